The normalized spacial score (nSPS) is 19.6. The summed E-state index contributed by atoms with van der Waals surface area (Å²) >= 11 is 0. The van der Waals surface area contributed by atoms with Gasteiger partial charge in [0.05, 0.1) is 32.3 Å². The molecule has 2 unspecified atom stereocenters. The molecule has 1 aromatic heterocycles. The summed E-state index contributed by atoms with van der Waals surface area (Å²) in [6, 6.07) is 9.40. The molecule has 2 atom stereocenters. The minimum Gasteiger partial charge on any atom is -0.493 e. The summed E-state index contributed by atoms with van der Waals surface area (Å²) in [6.07, 6.45) is 0.911. The van der Waals surface area contributed by atoms with Crippen LogP contribution in [0, 0.1) is 6.92 Å². The molecule has 8 heteroatoms. The molecule has 2 aromatic rings. The Morgan fingerprint density at radius 2 is 1.83 bits per heavy atom. The predicted molar refractivity (Wildman–Crippen MR) is 133 cm³/mol. The number of aryl methyl sites for hydroxylation is 1. The van der Waals surface area contributed by atoms with Crippen LogP contribution in [0.3, 0.4) is 0 Å². The first kappa shape index (κ1) is 25.6. The topological polar surface area (TPSA) is 96.2 Å². The number of ether oxygens (including phenoxy) is 4. The molecule has 8 nitrogen and oxygen atoms in total. The maximum Gasteiger partial charge on any atom is 0.336 e. The Kier molecular flexibility index (Phi) is 7.84. The molecule has 0 spiro atoms. The molecule has 0 amide bonds. The molecular weight excluding hydrogens is 462 g/mol. The first-order chi connectivity index (χ1) is 17.4. The molecule has 192 valence electrons. The first-order valence-corrected chi connectivity index (χ1v) is 12.1. The van der Waals surface area contributed by atoms with Gasteiger partial charge in [0.1, 0.15) is 18.1 Å². The minimum absolute atomic E-state index is 0.0327. The van der Waals surface area contributed by atoms with E-state index in [0.717, 1.165) is 11.3 Å². The number of hydrogen-bond acceptors (Lipinski definition) is 8. The van der Waals surface area contributed by atoms with Crippen LogP contribution in [0.15, 0.2) is 57.3 Å². The third kappa shape index (κ3) is 5.04. The van der Waals surface area contributed by atoms with E-state index in [4.69, 9.17) is 23.4 Å². The molecule has 2 heterocycles. The van der Waals surface area contributed by atoms with Crippen molar-refractivity contribution in [1.29, 1.82) is 0 Å². The van der Waals surface area contributed by atoms with E-state index in [0.29, 0.717) is 65.9 Å². The van der Waals surface area contributed by atoms with Crippen molar-refractivity contribution in [2.24, 2.45) is 0 Å². The molecule has 1 aliphatic heterocycles. The lowest BCUT2D eigenvalue weighted by Gasteiger charge is -2.35. The van der Waals surface area contributed by atoms with Crippen molar-refractivity contribution in [2.45, 2.75) is 45.4 Å². The number of benzene rings is 1. The number of hydrogen-bond donors (Lipinski definition) is 1. The van der Waals surface area contributed by atoms with Gasteiger partial charge in [0.15, 0.2) is 17.3 Å². The van der Waals surface area contributed by atoms with Gasteiger partial charge >= 0.3 is 5.97 Å². The van der Waals surface area contributed by atoms with Gasteiger partial charge in [-0.25, -0.2) is 4.79 Å². The van der Waals surface area contributed by atoms with Crippen LogP contribution in [-0.2, 0) is 19.1 Å². The molecule has 2 aliphatic rings. The number of dihydropyridines is 1. The number of furan rings is 1. The zero-order valence-electron chi connectivity index (χ0n) is 21.4. The Morgan fingerprint density at radius 1 is 1.06 bits per heavy atom. The van der Waals surface area contributed by atoms with Crippen LogP contribution in [0.4, 0.5) is 0 Å². The van der Waals surface area contributed by atoms with E-state index in [1.54, 1.807) is 14.2 Å². The molecular formula is C28H33NO7. The van der Waals surface area contributed by atoms with Crippen LogP contribution in [-0.4, -0.2) is 45.8 Å². The second kappa shape index (κ2) is 11.0. The third-order valence-electron chi connectivity index (χ3n) is 6.64. The molecule has 0 saturated heterocycles. The fraction of sp³-hybridized carbons (Fsp3) is 0.429. The van der Waals surface area contributed by atoms with Crippen LogP contribution in [0.1, 0.15) is 55.6 Å². The number of nitrogens with one attached hydrogen (secondary N) is 1. The van der Waals surface area contributed by atoms with Gasteiger partial charge in [-0.05, 0) is 62.9 Å². The fourth-order valence-corrected chi connectivity index (χ4v) is 4.96. The summed E-state index contributed by atoms with van der Waals surface area (Å²) in [6.45, 7) is 6.54. The molecule has 1 aromatic carbocycles. The summed E-state index contributed by atoms with van der Waals surface area (Å²) in [5.41, 5.74) is 3.38. The average Bonchev–Trinajstić information content (AvgIpc) is 3.30. The Labute approximate surface area is 211 Å². The highest BCUT2D eigenvalue weighted by Gasteiger charge is 2.42. The molecule has 0 bridgehead atoms. The highest BCUT2D eigenvalue weighted by atomic mass is 16.6. The molecule has 0 saturated carbocycles. The number of rotatable bonds is 9. The van der Waals surface area contributed by atoms with E-state index in [2.05, 4.69) is 5.32 Å². The first-order valence-electron chi connectivity index (χ1n) is 12.1. The largest absolute Gasteiger partial charge is 0.493 e. The number of methoxy groups -OCH3 is 2. The zero-order chi connectivity index (χ0) is 25.8. The Hall–Kier alpha value is -3.52. The third-order valence-corrected chi connectivity index (χ3v) is 6.64. The lowest BCUT2D eigenvalue weighted by atomic mass is 9.73. The summed E-state index contributed by atoms with van der Waals surface area (Å²) in [4.78, 5) is 26.8. The van der Waals surface area contributed by atoms with Gasteiger partial charge in [-0.3, -0.25) is 4.79 Å². The van der Waals surface area contributed by atoms with Crippen molar-refractivity contribution < 1.29 is 33.0 Å². The number of carbonyl (C=O) groups excluding carboxylic acids is 2. The van der Waals surface area contributed by atoms with Gasteiger partial charge < -0.3 is 28.7 Å². The average molecular weight is 496 g/mol. The van der Waals surface area contributed by atoms with E-state index in [1.165, 1.54) is 0 Å². The number of esters is 1. The molecule has 1 N–H and O–H groups in total. The van der Waals surface area contributed by atoms with Gasteiger partial charge in [0, 0.05) is 30.0 Å². The number of allylic oxidation sites excluding steroid dienone is 3. The fourth-order valence-electron chi connectivity index (χ4n) is 4.96. The molecule has 36 heavy (non-hydrogen) atoms. The van der Waals surface area contributed by atoms with Crippen molar-refractivity contribution in [1.82, 2.24) is 5.32 Å². The van der Waals surface area contributed by atoms with Gasteiger partial charge in [-0.1, -0.05) is 6.07 Å². The molecule has 1 aliphatic carbocycles. The second-order valence-corrected chi connectivity index (χ2v) is 8.91. The van der Waals surface area contributed by atoms with Crippen molar-refractivity contribution >= 4 is 11.8 Å². The van der Waals surface area contributed by atoms with Crippen LogP contribution < -0.4 is 14.8 Å². The van der Waals surface area contributed by atoms with Gasteiger partial charge in [-0.15, -0.1) is 0 Å². The van der Waals surface area contributed by atoms with Crippen molar-refractivity contribution in [3.63, 3.8) is 0 Å². The molecule has 0 radical (unpaired) electrons. The number of ketones is 1. The summed E-state index contributed by atoms with van der Waals surface area (Å²) in [5, 5.41) is 3.35. The van der Waals surface area contributed by atoms with E-state index in [-0.39, 0.29) is 18.3 Å². The summed E-state index contributed by atoms with van der Waals surface area (Å²) in [7, 11) is 3.19. The van der Waals surface area contributed by atoms with E-state index >= 15 is 0 Å². The summed E-state index contributed by atoms with van der Waals surface area (Å²) < 4.78 is 27.6. The number of carbonyl (C=O) groups is 2. The molecule has 0 fully saturated rings. The maximum absolute atomic E-state index is 13.7. The smallest absolute Gasteiger partial charge is 0.336 e. The Bertz CT molecular complexity index is 1210. The van der Waals surface area contributed by atoms with Crippen LogP contribution in [0.25, 0.3) is 0 Å². The van der Waals surface area contributed by atoms with Gasteiger partial charge in [0.2, 0.25) is 0 Å². The zero-order valence-corrected chi connectivity index (χ0v) is 21.4. The quantitative estimate of drug-likeness (QED) is 0.400. The maximum atomic E-state index is 13.7. The van der Waals surface area contributed by atoms with Gasteiger partial charge in [-0.2, -0.15) is 0 Å². The van der Waals surface area contributed by atoms with Crippen LogP contribution in [0.2, 0.25) is 0 Å². The highest BCUT2D eigenvalue weighted by molar-refractivity contribution is 6.04. The van der Waals surface area contributed by atoms with E-state index in [1.807, 2.05) is 51.1 Å². The monoisotopic (exact) mass is 495 g/mol. The summed E-state index contributed by atoms with van der Waals surface area (Å²) in [5.74, 6) is 1.32. The number of Topliss-reactive ketones (excluding diaryl/α,β-unsaturated/α-hetero) is 1. The van der Waals surface area contributed by atoms with Crippen molar-refractivity contribution in [3.05, 3.63) is 70.0 Å². The van der Waals surface area contributed by atoms with E-state index < -0.39 is 11.9 Å². The van der Waals surface area contributed by atoms with Crippen molar-refractivity contribution in [2.75, 3.05) is 34.0 Å². The SMILES string of the molecule is CCOCCOC(=O)C1=C(C)NC2=C(C(=O)CC(c3ccc(OC)c(OC)c3)C2)C1c1ccc(C)o1. The standard InChI is InChI=1S/C28H33NO7/c1-6-34-11-12-35-28(31)25-17(3)29-20-13-19(18-8-10-22(32-4)24(15-18)33-5)14-21(30)26(20)27(25)23-9-7-16(2)36-23/h7-10,15,19,27,29H,6,11-14H2,1-5H3. The second-order valence-electron chi connectivity index (χ2n) is 8.91. The van der Waals surface area contributed by atoms with Crippen LogP contribution in [0.5, 0.6) is 11.5 Å². The Morgan fingerprint density at radius 3 is 2.50 bits per heavy atom. The van der Waals surface area contributed by atoms with E-state index in [9.17, 15) is 9.59 Å². The minimum atomic E-state index is -0.631. The van der Waals surface area contributed by atoms with Gasteiger partial charge in [0.25, 0.3) is 0 Å². The lowest BCUT2D eigenvalue weighted by Crippen LogP contribution is -2.36. The van der Waals surface area contributed by atoms with Crippen LogP contribution >= 0.6 is 0 Å². The predicted octanol–water partition coefficient (Wildman–Crippen LogP) is 4.55. The highest BCUT2D eigenvalue weighted by Crippen LogP contribution is 2.46. The molecule has 4 rings (SSSR count). The lowest BCUT2D eigenvalue weighted by molar-refractivity contribution is -0.141. The van der Waals surface area contributed by atoms with Crippen molar-refractivity contribution in [3.8, 4) is 11.5 Å². The Balaban J connectivity index is 1.68.